The highest BCUT2D eigenvalue weighted by atomic mass is 32.1. The van der Waals surface area contributed by atoms with E-state index < -0.39 is 0 Å². The molecular formula is C15H19N3OS2. The van der Waals surface area contributed by atoms with Crippen molar-refractivity contribution in [3.8, 4) is 0 Å². The van der Waals surface area contributed by atoms with Gasteiger partial charge in [0.2, 0.25) is 5.13 Å². The van der Waals surface area contributed by atoms with Crippen LogP contribution in [0.25, 0.3) is 0 Å². The summed E-state index contributed by atoms with van der Waals surface area (Å²) in [5, 5.41) is 12.4. The van der Waals surface area contributed by atoms with Gasteiger partial charge in [-0.2, -0.15) is 0 Å². The van der Waals surface area contributed by atoms with Gasteiger partial charge in [-0.15, -0.1) is 21.5 Å². The van der Waals surface area contributed by atoms with Gasteiger partial charge in [-0.25, -0.2) is 0 Å². The molecule has 0 unspecified atom stereocenters. The first-order chi connectivity index (χ1) is 10.2. The average molecular weight is 321 g/mol. The lowest BCUT2D eigenvalue weighted by molar-refractivity contribution is 0.103. The minimum atomic E-state index is -0.0544. The van der Waals surface area contributed by atoms with Crippen molar-refractivity contribution in [2.24, 2.45) is 5.92 Å². The molecule has 0 aliphatic heterocycles. The highest BCUT2D eigenvalue weighted by Gasteiger charge is 2.22. The van der Waals surface area contributed by atoms with E-state index in [1.807, 2.05) is 6.92 Å². The molecule has 1 aliphatic carbocycles. The molecule has 0 bridgehead atoms. The van der Waals surface area contributed by atoms with Crippen LogP contribution in [-0.2, 0) is 19.3 Å². The first kappa shape index (κ1) is 14.7. The number of nitrogens with one attached hydrogen (secondary N) is 1. The summed E-state index contributed by atoms with van der Waals surface area (Å²) in [6.45, 7) is 4.28. The van der Waals surface area contributed by atoms with Gasteiger partial charge in [0.05, 0.1) is 4.88 Å². The molecule has 1 atom stereocenters. The Morgan fingerprint density at radius 1 is 1.38 bits per heavy atom. The second-order valence-electron chi connectivity index (χ2n) is 5.38. The number of hydrogen-bond acceptors (Lipinski definition) is 5. The van der Waals surface area contributed by atoms with Crippen molar-refractivity contribution in [1.29, 1.82) is 0 Å². The highest BCUT2D eigenvalue weighted by molar-refractivity contribution is 7.16. The van der Waals surface area contributed by atoms with E-state index in [1.54, 1.807) is 11.3 Å². The van der Waals surface area contributed by atoms with E-state index >= 15 is 0 Å². The lowest BCUT2D eigenvalue weighted by Gasteiger charge is -2.19. The van der Waals surface area contributed by atoms with Gasteiger partial charge in [0.1, 0.15) is 5.01 Å². The van der Waals surface area contributed by atoms with Crippen LogP contribution in [0, 0.1) is 5.92 Å². The van der Waals surface area contributed by atoms with Crippen molar-refractivity contribution in [2.45, 2.75) is 46.0 Å². The zero-order valence-electron chi connectivity index (χ0n) is 12.3. The van der Waals surface area contributed by atoms with E-state index in [2.05, 4.69) is 28.5 Å². The van der Waals surface area contributed by atoms with Crippen LogP contribution in [-0.4, -0.2) is 16.1 Å². The molecule has 112 valence electrons. The van der Waals surface area contributed by atoms with Crippen LogP contribution >= 0.6 is 22.7 Å². The Labute approximate surface area is 132 Å². The number of anilines is 1. The van der Waals surface area contributed by atoms with Gasteiger partial charge < -0.3 is 0 Å². The summed E-state index contributed by atoms with van der Waals surface area (Å²) in [5.74, 6) is 0.722. The Kier molecular flexibility index (Phi) is 4.35. The summed E-state index contributed by atoms with van der Waals surface area (Å²) in [5.41, 5.74) is 1.37. The molecule has 1 amide bonds. The van der Waals surface area contributed by atoms with Crippen molar-refractivity contribution in [2.75, 3.05) is 5.32 Å². The third-order valence-corrected chi connectivity index (χ3v) is 6.19. The van der Waals surface area contributed by atoms with Crippen molar-refractivity contribution >= 4 is 33.7 Å². The fourth-order valence-corrected chi connectivity index (χ4v) is 4.44. The third kappa shape index (κ3) is 3.16. The Balaban J connectivity index is 1.72. The van der Waals surface area contributed by atoms with Crippen molar-refractivity contribution in [3.05, 3.63) is 26.4 Å². The SMILES string of the molecule is CCc1nnc(NC(=O)c2cc3c(s2)CC[C@@H](CC)C3)s1. The van der Waals surface area contributed by atoms with Gasteiger partial charge in [-0.1, -0.05) is 31.6 Å². The maximum Gasteiger partial charge on any atom is 0.267 e. The van der Waals surface area contributed by atoms with Crippen molar-refractivity contribution in [1.82, 2.24) is 10.2 Å². The number of carbonyl (C=O) groups is 1. The predicted molar refractivity (Wildman–Crippen MR) is 87.4 cm³/mol. The number of amides is 1. The molecule has 0 aromatic carbocycles. The van der Waals surface area contributed by atoms with Gasteiger partial charge >= 0.3 is 0 Å². The largest absolute Gasteiger partial charge is 0.296 e. The first-order valence-corrected chi connectivity index (χ1v) is 9.08. The number of hydrogen-bond donors (Lipinski definition) is 1. The number of rotatable bonds is 4. The number of nitrogens with zero attached hydrogens (tertiary/aromatic N) is 2. The van der Waals surface area contributed by atoms with E-state index in [9.17, 15) is 4.79 Å². The molecule has 0 saturated heterocycles. The summed E-state index contributed by atoms with van der Waals surface area (Å²) in [6, 6.07) is 2.07. The lowest BCUT2D eigenvalue weighted by Crippen LogP contribution is -2.11. The lowest BCUT2D eigenvalue weighted by atomic mass is 9.87. The molecule has 0 radical (unpaired) electrons. The molecule has 0 spiro atoms. The van der Waals surface area contributed by atoms with Crippen LogP contribution < -0.4 is 5.32 Å². The van der Waals surface area contributed by atoms with Crippen LogP contribution in [0.2, 0.25) is 0 Å². The number of aryl methyl sites for hydroxylation is 2. The fourth-order valence-electron chi connectivity index (χ4n) is 2.67. The normalized spacial score (nSPS) is 17.5. The monoisotopic (exact) mass is 321 g/mol. The van der Waals surface area contributed by atoms with E-state index in [4.69, 9.17) is 0 Å². The summed E-state index contributed by atoms with van der Waals surface area (Å²) >= 11 is 3.08. The van der Waals surface area contributed by atoms with Crippen LogP contribution in [0.4, 0.5) is 5.13 Å². The van der Waals surface area contributed by atoms with E-state index in [1.165, 1.54) is 34.6 Å². The van der Waals surface area contributed by atoms with Crippen LogP contribution in [0.15, 0.2) is 6.07 Å². The van der Waals surface area contributed by atoms with Crippen LogP contribution in [0.5, 0.6) is 0 Å². The molecule has 0 fully saturated rings. The van der Waals surface area contributed by atoms with Gasteiger partial charge in [-0.3, -0.25) is 10.1 Å². The molecule has 21 heavy (non-hydrogen) atoms. The highest BCUT2D eigenvalue weighted by Crippen LogP contribution is 2.33. The summed E-state index contributed by atoms with van der Waals surface area (Å²) < 4.78 is 0. The number of fused-ring (bicyclic) bond motifs is 1. The number of thiophene rings is 1. The summed E-state index contributed by atoms with van der Waals surface area (Å²) in [7, 11) is 0. The Bertz CT molecular complexity index is 647. The molecule has 6 heteroatoms. The maximum absolute atomic E-state index is 12.3. The third-order valence-electron chi connectivity index (χ3n) is 3.98. The Hall–Kier alpha value is -1.27. The minimum Gasteiger partial charge on any atom is -0.296 e. The zero-order valence-corrected chi connectivity index (χ0v) is 13.9. The molecule has 0 saturated carbocycles. The molecule has 1 N–H and O–H groups in total. The van der Waals surface area contributed by atoms with Gasteiger partial charge in [-0.05, 0) is 43.2 Å². The standard InChI is InChI=1S/C15H19N3OS2/c1-3-9-5-6-11-10(7-9)8-12(20-11)14(19)16-15-18-17-13(4-2)21-15/h8-9H,3-7H2,1-2H3,(H,16,18,19)/t9-/m1/s1. The van der Waals surface area contributed by atoms with Crippen LogP contribution in [0.1, 0.15) is 51.8 Å². The molecule has 2 aromatic heterocycles. The predicted octanol–water partition coefficient (Wildman–Crippen LogP) is 3.93. The zero-order chi connectivity index (χ0) is 14.8. The second kappa shape index (κ2) is 6.23. The Morgan fingerprint density at radius 2 is 2.24 bits per heavy atom. The molecule has 1 aliphatic rings. The van der Waals surface area contributed by atoms with Gasteiger partial charge in [0, 0.05) is 4.88 Å². The smallest absolute Gasteiger partial charge is 0.267 e. The maximum atomic E-state index is 12.3. The quantitative estimate of drug-likeness (QED) is 0.928. The average Bonchev–Trinajstić information content (AvgIpc) is 3.12. The molecular weight excluding hydrogens is 302 g/mol. The van der Waals surface area contributed by atoms with Gasteiger partial charge in [0.25, 0.3) is 5.91 Å². The first-order valence-electron chi connectivity index (χ1n) is 7.44. The second-order valence-corrected chi connectivity index (χ2v) is 7.58. The topological polar surface area (TPSA) is 54.9 Å². The summed E-state index contributed by atoms with van der Waals surface area (Å²) in [4.78, 5) is 14.5. The Morgan fingerprint density at radius 3 is 2.95 bits per heavy atom. The number of carbonyl (C=O) groups excluding carboxylic acids is 1. The molecule has 2 heterocycles. The molecule has 3 rings (SSSR count). The van der Waals surface area contributed by atoms with E-state index in [0.717, 1.165) is 35.1 Å². The fraction of sp³-hybridized carbons (Fsp3) is 0.533. The van der Waals surface area contributed by atoms with Crippen molar-refractivity contribution < 1.29 is 4.79 Å². The van der Waals surface area contributed by atoms with Gasteiger partial charge in [0.15, 0.2) is 0 Å². The van der Waals surface area contributed by atoms with E-state index in [0.29, 0.717) is 5.13 Å². The molecule has 4 nitrogen and oxygen atoms in total. The van der Waals surface area contributed by atoms with Crippen molar-refractivity contribution in [3.63, 3.8) is 0 Å². The minimum absolute atomic E-state index is 0.0544. The summed E-state index contributed by atoms with van der Waals surface area (Å²) in [6.07, 6.45) is 5.56. The number of aromatic nitrogens is 2. The molecule has 2 aromatic rings. The van der Waals surface area contributed by atoms with Crippen LogP contribution in [0.3, 0.4) is 0 Å². The van der Waals surface area contributed by atoms with E-state index in [-0.39, 0.29) is 5.91 Å².